The van der Waals surface area contributed by atoms with Crippen molar-refractivity contribution < 1.29 is 13.9 Å². The van der Waals surface area contributed by atoms with E-state index in [1.807, 2.05) is 58.9 Å². The summed E-state index contributed by atoms with van der Waals surface area (Å²) in [6.45, 7) is 21.9. The molecule has 0 saturated carbocycles. The van der Waals surface area contributed by atoms with Gasteiger partial charge in [-0.25, -0.2) is 4.39 Å². The lowest BCUT2D eigenvalue weighted by molar-refractivity contribution is 0.0957. The van der Waals surface area contributed by atoms with Gasteiger partial charge in [-0.05, 0) is 91.3 Å². The van der Waals surface area contributed by atoms with Crippen molar-refractivity contribution in [2.45, 2.75) is 61.1 Å². The van der Waals surface area contributed by atoms with Crippen LogP contribution in [0.15, 0.2) is 101 Å². The van der Waals surface area contributed by atoms with E-state index >= 15 is 0 Å². The highest BCUT2D eigenvalue weighted by atomic mass is 19.1. The highest BCUT2D eigenvalue weighted by molar-refractivity contribution is 6.03. The predicted octanol–water partition coefficient (Wildman–Crippen LogP) is 7.84. The molecule has 1 N–H and O–H groups in total. The highest BCUT2D eigenvalue weighted by Gasteiger charge is 2.19. The van der Waals surface area contributed by atoms with Crippen molar-refractivity contribution in [1.29, 1.82) is 0 Å². The molecule has 1 aromatic carbocycles. The molecule has 1 aromatic rings. The van der Waals surface area contributed by atoms with Crippen LogP contribution in [0.25, 0.3) is 0 Å². The van der Waals surface area contributed by atoms with Crippen LogP contribution in [-0.4, -0.2) is 29.5 Å². The zero-order valence-electron chi connectivity index (χ0n) is 23.4. The monoisotopic (exact) mass is 505 g/mol. The molecule has 37 heavy (non-hydrogen) atoms. The lowest BCUT2D eigenvalue weighted by Crippen LogP contribution is -2.26. The fourth-order valence-corrected chi connectivity index (χ4v) is 2.74. The lowest BCUT2D eigenvalue weighted by atomic mass is 10.1. The molecule has 0 unspecified atom stereocenters. The summed E-state index contributed by atoms with van der Waals surface area (Å²) in [6.07, 6.45) is 10.4. The van der Waals surface area contributed by atoms with Crippen molar-refractivity contribution in [2.24, 2.45) is 9.98 Å². The number of rotatable bonds is 12. The number of ether oxygens (including phenoxy) is 1. The van der Waals surface area contributed by atoms with Gasteiger partial charge in [-0.3, -0.25) is 14.8 Å². The van der Waals surface area contributed by atoms with Crippen LogP contribution < -0.4 is 10.1 Å². The van der Waals surface area contributed by atoms with Crippen LogP contribution in [0.1, 0.15) is 71.3 Å². The summed E-state index contributed by atoms with van der Waals surface area (Å²) >= 11 is 0. The van der Waals surface area contributed by atoms with Gasteiger partial charge in [0, 0.05) is 35.8 Å². The number of nitrogens with one attached hydrogen (secondary N) is 1. The average molecular weight is 506 g/mol. The molecule has 198 valence electrons. The molecule has 0 aliphatic carbocycles. The lowest BCUT2D eigenvalue weighted by Gasteiger charge is -2.13. The zero-order valence-corrected chi connectivity index (χ0v) is 23.4. The Morgan fingerprint density at radius 1 is 1.08 bits per heavy atom. The number of hydrogen-bond donors (Lipinski definition) is 1. The second kappa shape index (κ2) is 14.7. The highest BCUT2D eigenvalue weighted by Crippen LogP contribution is 2.22. The summed E-state index contributed by atoms with van der Waals surface area (Å²) in [7, 11) is 0. The SMILES string of the molecule is C=C/C(=C\N=C(/C)C(C)(C)F)CNC(=O)c1cc(OC(/C=C\C)=C/C(=C)C)cc(/C(C)=N/C=C(C)C)c1. The predicted molar refractivity (Wildman–Crippen MR) is 155 cm³/mol. The summed E-state index contributed by atoms with van der Waals surface area (Å²) in [5.41, 5.74) is 3.23. The van der Waals surface area contributed by atoms with Crippen molar-refractivity contribution in [1.82, 2.24) is 5.32 Å². The van der Waals surface area contributed by atoms with Crippen LogP contribution in [0.2, 0.25) is 0 Å². The van der Waals surface area contributed by atoms with E-state index in [1.165, 1.54) is 20.0 Å². The first kappa shape index (κ1) is 31.2. The number of allylic oxidation sites excluding steroid dienone is 5. The normalized spacial score (nSPS) is 13.4. The summed E-state index contributed by atoms with van der Waals surface area (Å²) in [5.74, 6) is 0.778. The van der Waals surface area contributed by atoms with Crippen molar-refractivity contribution in [2.75, 3.05) is 6.54 Å². The first-order valence-corrected chi connectivity index (χ1v) is 12.1. The molecule has 5 nitrogen and oxygen atoms in total. The molecule has 0 atom stereocenters. The number of alkyl halides is 1. The molecule has 0 aliphatic rings. The fraction of sp³-hybridized carbons (Fsp3) is 0.323. The second-order valence-corrected chi connectivity index (χ2v) is 9.44. The number of carbonyl (C=O) groups is 1. The molecule has 0 saturated heterocycles. The van der Waals surface area contributed by atoms with Crippen LogP contribution in [0, 0.1) is 0 Å². The van der Waals surface area contributed by atoms with Gasteiger partial charge in [0.05, 0.1) is 5.71 Å². The Kier molecular flexibility index (Phi) is 12.4. The Balaban J connectivity index is 3.37. The third-order valence-electron chi connectivity index (χ3n) is 5.06. The Bertz CT molecular complexity index is 1190. The molecule has 6 heteroatoms. The minimum atomic E-state index is -1.53. The largest absolute Gasteiger partial charge is 0.457 e. The molecule has 0 fully saturated rings. The van der Waals surface area contributed by atoms with Crippen molar-refractivity contribution in [3.05, 3.63) is 102 Å². The molecule has 0 bridgehead atoms. The number of hydrogen-bond acceptors (Lipinski definition) is 4. The van der Waals surface area contributed by atoms with Gasteiger partial charge in [-0.15, -0.1) is 0 Å². The van der Waals surface area contributed by atoms with Crippen LogP contribution in [0.3, 0.4) is 0 Å². The van der Waals surface area contributed by atoms with Crippen molar-refractivity contribution in [3.8, 4) is 5.75 Å². The van der Waals surface area contributed by atoms with E-state index in [1.54, 1.807) is 31.3 Å². The van der Waals surface area contributed by atoms with Gasteiger partial charge < -0.3 is 10.1 Å². The standard InChI is InChI=1S/C31H40FN3O2/c1-11-13-28(14-21(3)4)37-29-16-26(23(7)33-18-22(5)6)15-27(17-29)30(36)35-20-25(12-2)19-34-24(8)31(9,10)32/h11-19H,2-3,20H2,1,4-10H3,(H,35,36)/b13-11-,25-19+,28-14+,33-23+,34-24+. The number of aliphatic imine (C=N–C) groups is 2. The van der Waals surface area contributed by atoms with Crippen LogP contribution in [0.5, 0.6) is 5.75 Å². The Morgan fingerprint density at radius 3 is 2.27 bits per heavy atom. The first-order valence-electron chi connectivity index (χ1n) is 12.1. The fourth-order valence-electron chi connectivity index (χ4n) is 2.74. The van der Waals surface area contributed by atoms with Gasteiger partial charge >= 0.3 is 0 Å². The maximum Gasteiger partial charge on any atom is 0.251 e. The zero-order chi connectivity index (χ0) is 28.2. The Labute approximate surface area is 221 Å². The third-order valence-corrected chi connectivity index (χ3v) is 5.06. The Hall–Kier alpha value is -3.80. The number of carbonyl (C=O) groups excluding carboxylic acids is 1. The summed E-state index contributed by atoms with van der Waals surface area (Å²) < 4.78 is 20.1. The smallest absolute Gasteiger partial charge is 0.251 e. The van der Waals surface area contributed by atoms with Crippen molar-refractivity contribution >= 4 is 17.3 Å². The first-order chi connectivity index (χ1) is 17.3. The third kappa shape index (κ3) is 11.7. The number of amides is 1. The molecule has 0 radical (unpaired) electrons. The summed E-state index contributed by atoms with van der Waals surface area (Å²) in [4.78, 5) is 21.8. The van der Waals surface area contributed by atoms with E-state index in [-0.39, 0.29) is 12.5 Å². The average Bonchev–Trinajstić information content (AvgIpc) is 2.81. The molecule has 1 rings (SSSR count). The maximum absolute atomic E-state index is 14.0. The van der Waals surface area contributed by atoms with Gasteiger partial charge in [-0.1, -0.05) is 36.5 Å². The molecule has 0 heterocycles. The Morgan fingerprint density at radius 2 is 1.73 bits per heavy atom. The minimum Gasteiger partial charge on any atom is -0.457 e. The number of benzene rings is 1. The van der Waals surface area contributed by atoms with E-state index in [9.17, 15) is 9.18 Å². The maximum atomic E-state index is 14.0. The molecule has 0 aromatic heterocycles. The van der Waals surface area contributed by atoms with Gasteiger partial charge in [0.2, 0.25) is 0 Å². The van der Waals surface area contributed by atoms with Gasteiger partial charge in [-0.2, -0.15) is 0 Å². The van der Waals surface area contributed by atoms with E-state index in [0.717, 1.165) is 22.4 Å². The van der Waals surface area contributed by atoms with E-state index in [0.29, 0.717) is 28.4 Å². The van der Waals surface area contributed by atoms with Gasteiger partial charge in [0.1, 0.15) is 17.2 Å². The quantitative estimate of drug-likeness (QED) is 0.179. The van der Waals surface area contributed by atoms with E-state index in [4.69, 9.17) is 4.74 Å². The number of halogens is 1. The van der Waals surface area contributed by atoms with Gasteiger partial charge in [0.15, 0.2) is 0 Å². The molecular formula is C31H40FN3O2. The van der Waals surface area contributed by atoms with E-state index < -0.39 is 5.67 Å². The topological polar surface area (TPSA) is 63.0 Å². The molecule has 0 aliphatic heterocycles. The van der Waals surface area contributed by atoms with Crippen molar-refractivity contribution in [3.63, 3.8) is 0 Å². The molecule has 1 amide bonds. The summed E-state index contributed by atoms with van der Waals surface area (Å²) in [6, 6.07) is 5.28. The summed E-state index contributed by atoms with van der Waals surface area (Å²) in [5, 5.41) is 2.88. The minimum absolute atomic E-state index is 0.177. The van der Waals surface area contributed by atoms with Crippen LogP contribution in [-0.2, 0) is 0 Å². The molecular weight excluding hydrogens is 465 g/mol. The van der Waals surface area contributed by atoms with Gasteiger partial charge in [0.25, 0.3) is 5.91 Å². The van der Waals surface area contributed by atoms with Crippen LogP contribution in [0.4, 0.5) is 4.39 Å². The van der Waals surface area contributed by atoms with Crippen LogP contribution >= 0.6 is 0 Å². The number of nitrogens with zero attached hydrogens (tertiary/aromatic N) is 2. The second-order valence-electron chi connectivity index (χ2n) is 9.44. The van der Waals surface area contributed by atoms with E-state index in [2.05, 4.69) is 28.5 Å². The molecule has 0 spiro atoms.